The molecule has 5 rings (SSSR count). The summed E-state index contributed by atoms with van der Waals surface area (Å²) in [4.78, 5) is 40.3. The van der Waals surface area contributed by atoms with Gasteiger partial charge in [-0.3, -0.25) is 4.79 Å². The molecular weight excluding hydrogens is 629 g/mol. The first-order valence-corrected chi connectivity index (χ1v) is 15.7. The maximum absolute atomic E-state index is 13.5. The van der Waals surface area contributed by atoms with Crippen LogP contribution in [0.3, 0.4) is 0 Å². The van der Waals surface area contributed by atoms with Crippen LogP contribution in [0.15, 0.2) is 33.5 Å². The highest BCUT2D eigenvalue weighted by Gasteiger charge is 2.38. The number of thiazole rings is 1. The van der Waals surface area contributed by atoms with E-state index in [1.165, 1.54) is 27.9 Å². The second-order valence-electron chi connectivity index (χ2n) is 9.24. The Hall–Kier alpha value is -3.94. The molecule has 2 N–H and O–H groups in total. The molecule has 4 aromatic rings. The van der Waals surface area contributed by atoms with E-state index < -0.39 is 27.7 Å². The van der Waals surface area contributed by atoms with E-state index in [1.54, 1.807) is 17.8 Å². The molecule has 1 aliphatic rings. The number of carboxylic acids is 1. The minimum Gasteiger partial charge on any atom is -0.477 e. The Labute approximate surface area is 253 Å². The van der Waals surface area contributed by atoms with Crippen molar-refractivity contribution in [3.8, 4) is 22.4 Å². The summed E-state index contributed by atoms with van der Waals surface area (Å²) in [6.07, 6.45) is -1.56. The van der Waals surface area contributed by atoms with Gasteiger partial charge >= 0.3 is 12.1 Å². The summed E-state index contributed by atoms with van der Waals surface area (Å²) >= 11 is 1.40. The third kappa shape index (κ3) is 6.90. The monoisotopic (exact) mass is 658 g/mol. The van der Waals surface area contributed by atoms with Crippen molar-refractivity contribution in [2.24, 2.45) is 0 Å². The van der Waals surface area contributed by atoms with Crippen LogP contribution in [-0.4, -0.2) is 104 Å². The first kappa shape index (κ1) is 33.0. The van der Waals surface area contributed by atoms with Gasteiger partial charge in [-0.05, 0) is 26.0 Å². The molecule has 238 valence electrons. The van der Waals surface area contributed by atoms with Crippen LogP contribution >= 0.6 is 11.3 Å². The molecule has 1 fully saturated rings. The molecule has 0 amide bonds. The number of aromatic amines is 1. The van der Waals surface area contributed by atoms with E-state index in [1.807, 2.05) is 12.3 Å². The summed E-state index contributed by atoms with van der Waals surface area (Å²) in [5.41, 5.74) is 1.16. The van der Waals surface area contributed by atoms with Crippen LogP contribution in [0, 0.1) is 0 Å². The first-order chi connectivity index (χ1) is 20.8. The van der Waals surface area contributed by atoms with Crippen molar-refractivity contribution in [3.63, 3.8) is 0 Å². The first-order valence-electron chi connectivity index (χ1n) is 13.4. The molecule has 0 bridgehead atoms. The number of carboxylic acid groups (broad SMARTS) is 1. The van der Waals surface area contributed by atoms with Gasteiger partial charge in [0.15, 0.2) is 5.52 Å². The predicted molar refractivity (Wildman–Crippen MR) is 153 cm³/mol. The zero-order valence-electron chi connectivity index (χ0n) is 23.8. The number of carbonyl (C=O) groups is 1. The fraction of sp³-hybridized carbons (Fsp3) is 0.440. The Morgan fingerprint density at radius 3 is 2.36 bits per heavy atom. The van der Waals surface area contributed by atoms with E-state index in [-0.39, 0.29) is 27.7 Å². The van der Waals surface area contributed by atoms with Crippen LogP contribution in [0.1, 0.15) is 26.5 Å². The number of sulfonamides is 1. The third-order valence-electron chi connectivity index (χ3n) is 6.58. The molecule has 14 nitrogen and oxygen atoms in total. The summed E-state index contributed by atoms with van der Waals surface area (Å²) in [5.74, 6) is -2.41. The van der Waals surface area contributed by atoms with Gasteiger partial charge in [0.2, 0.25) is 21.0 Å². The van der Waals surface area contributed by atoms with Gasteiger partial charge in [0, 0.05) is 37.8 Å². The Kier molecular flexibility index (Phi) is 10.0. The standard InChI is InChI=1S/C23H28N8O4S2.C2HF3O2/c1-4-17-18-19(28-31(17)23-24-7-12-36-23)21(32)27-20(26-18)16-13-15(14-25-22(16)35-6-3)37(33,34)30-10-8-29(5-2)9-11-30;3-2(4,5)1(6)7/h7,12-14H,4-6,8-11H2,1-3H3,(H,26,27,32);(H,6,7). The van der Waals surface area contributed by atoms with Crippen LogP contribution in [0.4, 0.5) is 13.2 Å². The fourth-order valence-corrected chi connectivity index (χ4v) is 6.39. The molecule has 0 aliphatic carbocycles. The smallest absolute Gasteiger partial charge is 0.477 e. The molecule has 44 heavy (non-hydrogen) atoms. The molecule has 0 radical (unpaired) electrons. The van der Waals surface area contributed by atoms with Gasteiger partial charge in [0.05, 0.1) is 24.1 Å². The molecule has 1 aliphatic heterocycles. The van der Waals surface area contributed by atoms with Crippen molar-refractivity contribution >= 4 is 38.4 Å². The lowest BCUT2D eigenvalue weighted by Crippen LogP contribution is -2.48. The third-order valence-corrected chi connectivity index (χ3v) is 9.19. The number of pyridine rings is 1. The minimum absolute atomic E-state index is 0.0212. The number of aromatic nitrogens is 6. The second kappa shape index (κ2) is 13.4. The average molecular weight is 659 g/mol. The van der Waals surface area contributed by atoms with Gasteiger partial charge < -0.3 is 19.7 Å². The van der Waals surface area contributed by atoms with Gasteiger partial charge in [0.25, 0.3) is 5.56 Å². The van der Waals surface area contributed by atoms with Gasteiger partial charge in [0.1, 0.15) is 16.2 Å². The number of hydrogen-bond donors (Lipinski definition) is 2. The van der Waals surface area contributed by atoms with Crippen LogP contribution < -0.4 is 10.3 Å². The van der Waals surface area contributed by atoms with Gasteiger partial charge in [-0.1, -0.05) is 13.8 Å². The van der Waals surface area contributed by atoms with E-state index in [4.69, 9.17) is 19.6 Å². The number of nitrogens with one attached hydrogen (secondary N) is 1. The average Bonchev–Trinajstić information content (AvgIpc) is 3.65. The highest BCUT2D eigenvalue weighted by atomic mass is 32.2. The predicted octanol–water partition coefficient (Wildman–Crippen LogP) is 2.55. The number of aliphatic carboxylic acids is 1. The van der Waals surface area contributed by atoms with Gasteiger partial charge in [-0.25, -0.2) is 32.8 Å². The lowest BCUT2D eigenvalue weighted by molar-refractivity contribution is -0.192. The van der Waals surface area contributed by atoms with Crippen LogP contribution in [0.2, 0.25) is 0 Å². The highest BCUT2D eigenvalue weighted by molar-refractivity contribution is 7.89. The Morgan fingerprint density at radius 1 is 1.14 bits per heavy atom. The number of piperazine rings is 1. The molecular formula is C25H29F3N8O6S2. The lowest BCUT2D eigenvalue weighted by atomic mass is 10.2. The van der Waals surface area contributed by atoms with E-state index in [9.17, 15) is 26.4 Å². The van der Waals surface area contributed by atoms with Crippen LogP contribution in [0.25, 0.3) is 27.6 Å². The Morgan fingerprint density at radius 2 is 1.82 bits per heavy atom. The number of rotatable bonds is 8. The summed E-state index contributed by atoms with van der Waals surface area (Å²) in [5, 5.41) is 14.0. The Bertz CT molecular complexity index is 1780. The lowest BCUT2D eigenvalue weighted by Gasteiger charge is -2.33. The molecule has 0 aromatic carbocycles. The van der Waals surface area contributed by atoms with Crippen LogP contribution in [0.5, 0.6) is 5.88 Å². The van der Waals surface area contributed by atoms with Crippen molar-refractivity contribution in [2.75, 3.05) is 39.3 Å². The summed E-state index contributed by atoms with van der Waals surface area (Å²) < 4.78 is 67.4. The highest BCUT2D eigenvalue weighted by Crippen LogP contribution is 2.31. The molecule has 0 saturated carbocycles. The maximum atomic E-state index is 13.5. The topological polar surface area (TPSA) is 176 Å². The number of ether oxygens (including phenoxy) is 1. The Balaban J connectivity index is 0.000000566. The normalized spacial score (nSPS) is 14.8. The van der Waals surface area contributed by atoms with Crippen molar-refractivity contribution in [1.82, 2.24) is 38.9 Å². The molecule has 0 atom stereocenters. The fourth-order valence-electron chi connectivity index (χ4n) is 4.38. The van der Waals surface area contributed by atoms with Crippen molar-refractivity contribution in [3.05, 3.63) is 39.9 Å². The number of hydrogen-bond acceptors (Lipinski definition) is 11. The minimum atomic E-state index is -5.08. The summed E-state index contributed by atoms with van der Waals surface area (Å²) in [7, 11) is -3.80. The number of halogens is 3. The number of alkyl halides is 3. The van der Waals surface area contributed by atoms with Gasteiger partial charge in [-0.2, -0.15) is 22.6 Å². The molecule has 0 spiro atoms. The van der Waals surface area contributed by atoms with Gasteiger partial charge in [-0.15, -0.1) is 11.3 Å². The zero-order valence-corrected chi connectivity index (χ0v) is 25.5. The van der Waals surface area contributed by atoms with E-state index in [0.29, 0.717) is 49.9 Å². The zero-order chi connectivity index (χ0) is 32.2. The van der Waals surface area contributed by atoms with Crippen LogP contribution in [-0.2, 0) is 21.2 Å². The largest absolute Gasteiger partial charge is 0.490 e. The number of H-pyrrole nitrogens is 1. The quantitative estimate of drug-likeness (QED) is 0.285. The number of likely N-dealkylation sites (N-methyl/N-ethyl adjacent to an activating group) is 1. The summed E-state index contributed by atoms with van der Waals surface area (Å²) in [6, 6.07) is 1.47. The summed E-state index contributed by atoms with van der Waals surface area (Å²) in [6.45, 7) is 9.12. The van der Waals surface area contributed by atoms with E-state index >= 15 is 0 Å². The van der Waals surface area contributed by atoms with Crippen molar-refractivity contribution < 1.29 is 36.2 Å². The molecule has 5 heterocycles. The SMILES string of the molecule is CCOc1ncc(S(=O)(=O)N2CCN(CC)CC2)cc1-c1nc2c(CC)n(-c3nccs3)nc2c(=O)[nH]1.O=C(O)C(F)(F)F. The molecule has 4 aromatic heterocycles. The molecule has 1 saturated heterocycles. The molecule has 0 unspecified atom stereocenters. The van der Waals surface area contributed by atoms with Crippen molar-refractivity contribution in [1.29, 1.82) is 0 Å². The number of fused-ring (bicyclic) bond motifs is 1. The van der Waals surface area contributed by atoms with E-state index in [2.05, 4.69) is 31.9 Å². The maximum Gasteiger partial charge on any atom is 0.490 e. The molecule has 19 heteroatoms. The number of nitrogens with zero attached hydrogens (tertiary/aromatic N) is 7. The second-order valence-corrected chi connectivity index (χ2v) is 12.0. The number of aryl methyl sites for hydroxylation is 1. The van der Waals surface area contributed by atoms with Crippen molar-refractivity contribution in [2.45, 2.75) is 38.3 Å². The van der Waals surface area contributed by atoms with E-state index in [0.717, 1.165) is 12.2 Å².